The second-order valence-corrected chi connectivity index (χ2v) is 5.36. The summed E-state index contributed by atoms with van der Waals surface area (Å²) in [7, 11) is 1.36. The fourth-order valence-corrected chi connectivity index (χ4v) is 3.54. The summed E-state index contributed by atoms with van der Waals surface area (Å²) in [5.74, 6) is 0.509. The van der Waals surface area contributed by atoms with Crippen LogP contribution in [0.15, 0.2) is 0 Å². The van der Waals surface area contributed by atoms with Crippen LogP contribution in [0.1, 0.15) is 39.0 Å². The molecule has 3 atom stereocenters. The molecule has 5 nitrogen and oxygen atoms in total. The van der Waals surface area contributed by atoms with Gasteiger partial charge in [-0.15, -0.1) is 0 Å². The zero-order chi connectivity index (χ0) is 13.8. The SMILES string of the molecule is CCOC(=O)C1C2CCCCC2CCN1C(=O)OC. The molecule has 0 aromatic rings. The normalized spacial score (nSPS) is 30.4. The van der Waals surface area contributed by atoms with Crippen LogP contribution in [0.2, 0.25) is 0 Å². The van der Waals surface area contributed by atoms with Crippen LogP contribution in [-0.2, 0) is 14.3 Å². The summed E-state index contributed by atoms with van der Waals surface area (Å²) in [5, 5.41) is 0. The Bertz CT molecular complexity index is 344. The molecule has 0 aromatic heterocycles. The lowest BCUT2D eigenvalue weighted by molar-refractivity contribution is -0.154. The highest BCUT2D eigenvalue weighted by Gasteiger charge is 2.45. The zero-order valence-corrected chi connectivity index (χ0v) is 11.8. The van der Waals surface area contributed by atoms with Crippen molar-refractivity contribution in [3.63, 3.8) is 0 Å². The van der Waals surface area contributed by atoms with Crippen LogP contribution in [0.5, 0.6) is 0 Å². The van der Waals surface area contributed by atoms with Gasteiger partial charge >= 0.3 is 12.1 Å². The quantitative estimate of drug-likeness (QED) is 0.721. The predicted octanol–water partition coefficient (Wildman–Crippen LogP) is 2.20. The van der Waals surface area contributed by atoms with Gasteiger partial charge in [0.05, 0.1) is 13.7 Å². The molecule has 3 unspecified atom stereocenters. The molecule has 1 saturated carbocycles. The number of fused-ring (bicyclic) bond motifs is 1. The maximum Gasteiger partial charge on any atom is 0.410 e. The first-order valence-corrected chi connectivity index (χ1v) is 7.20. The third kappa shape index (κ3) is 2.85. The van der Waals surface area contributed by atoms with E-state index in [4.69, 9.17) is 9.47 Å². The van der Waals surface area contributed by atoms with Gasteiger partial charge < -0.3 is 9.47 Å². The van der Waals surface area contributed by atoms with Crippen LogP contribution in [0, 0.1) is 11.8 Å². The molecule has 108 valence electrons. The molecular weight excluding hydrogens is 246 g/mol. The third-order valence-corrected chi connectivity index (χ3v) is 4.39. The van der Waals surface area contributed by atoms with Gasteiger partial charge in [-0.3, -0.25) is 4.90 Å². The van der Waals surface area contributed by atoms with E-state index in [9.17, 15) is 9.59 Å². The first-order valence-electron chi connectivity index (χ1n) is 7.20. The van der Waals surface area contributed by atoms with Crippen LogP contribution < -0.4 is 0 Å². The van der Waals surface area contributed by atoms with Gasteiger partial charge in [-0.2, -0.15) is 0 Å². The number of piperidine rings is 1. The van der Waals surface area contributed by atoms with Gasteiger partial charge in [0.25, 0.3) is 0 Å². The van der Waals surface area contributed by atoms with E-state index in [1.807, 2.05) is 0 Å². The lowest BCUT2D eigenvalue weighted by Gasteiger charge is -2.45. The molecule has 1 amide bonds. The minimum atomic E-state index is -0.452. The Morgan fingerprint density at radius 3 is 2.63 bits per heavy atom. The highest BCUT2D eigenvalue weighted by atomic mass is 16.6. The molecule has 1 saturated heterocycles. The van der Waals surface area contributed by atoms with Gasteiger partial charge in [0.2, 0.25) is 0 Å². The number of nitrogens with zero attached hydrogens (tertiary/aromatic N) is 1. The molecule has 0 aromatic carbocycles. The minimum Gasteiger partial charge on any atom is -0.464 e. The second-order valence-electron chi connectivity index (χ2n) is 5.36. The third-order valence-electron chi connectivity index (χ3n) is 4.39. The molecule has 0 N–H and O–H groups in total. The number of amides is 1. The van der Waals surface area contributed by atoms with Crippen LogP contribution >= 0.6 is 0 Å². The zero-order valence-electron chi connectivity index (χ0n) is 11.8. The fraction of sp³-hybridized carbons (Fsp3) is 0.857. The summed E-state index contributed by atoms with van der Waals surface area (Å²) in [4.78, 5) is 25.6. The standard InChI is InChI=1S/C14H23NO4/c1-3-19-13(16)12-11-7-5-4-6-10(11)8-9-15(12)14(17)18-2/h10-12H,3-9H2,1-2H3. The number of esters is 1. The molecule has 5 heteroatoms. The van der Waals surface area contributed by atoms with Crippen molar-refractivity contribution in [2.75, 3.05) is 20.3 Å². The molecule has 1 heterocycles. The maximum atomic E-state index is 12.2. The number of likely N-dealkylation sites (tertiary alicyclic amines) is 1. The van der Waals surface area contributed by atoms with Gasteiger partial charge in [-0.1, -0.05) is 19.3 Å². The summed E-state index contributed by atoms with van der Waals surface area (Å²) in [5.41, 5.74) is 0. The van der Waals surface area contributed by atoms with E-state index in [1.165, 1.54) is 13.5 Å². The number of rotatable bonds is 2. The van der Waals surface area contributed by atoms with E-state index in [2.05, 4.69) is 0 Å². The molecule has 1 aliphatic heterocycles. The Morgan fingerprint density at radius 2 is 1.95 bits per heavy atom. The number of hydrogen-bond acceptors (Lipinski definition) is 4. The smallest absolute Gasteiger partial charge is 0.410 e. The molecule has 19 heavy (non-hydrogen) atoms. The number of methoxy groups -OCH3 is 1. The predicted molar refractivity (Wildman–Crippen MR) is 69.6 cm³/mol. The summed E-state index contributed by atoms with van der Waals surface area (Å²) in [6.45, 7) is 2.74. The highest BCUT2D eigenvalue weighted by molar-refractivity contribution is 5.82. The second kappa shape index (κ2) is 6.26. The van der Waals surface area contributed by atoms with Gasteiger partial charge in [0.1, 0.15) is 6.04 Å². The first-order chi connectivity index (χ1) is 9.19. The highest BCUT2D eigenvalue weighted by Crippen LogP contribution is 2.40. The van der Waals surface area contributed by atoms with E-state index >= 15 is 0 Å². The van der Waals surface area contributed by atoms with Crippen LogP contribution in [0.3, 0.4) is 0 Å². The fourth-order valence-electron chi connectivity index (χ4n) is 3.54. The first kappa shape index (κ1) is 14.2. The van der Waals surface area contributed by atoms with Gasteiger partial charge in [-0.25, -0.2) is 9.59 Å². The molecule has 0 radical (unpaired) electrons. The Balaban J connectivity index is 2.19. The van der Waals surface area contributed by atoms with Crippen LogP contribution in [0.4, 0.5) is 4.79 Å². The summed E-state index contributed by atoms with van der Waals surface area (Å²) < 4.78 is 9.97. The Morgan fingerprint density at radius 1 is 1.21 bits per heavy atom. The Labute approximate surface area is 114 Å². The van der Waals surface area contributed by atoms with Crippen molar-refractivity contribution in [2.24, 2.45) is 11.8 Å². The lowest BCUT2D eigenvalue weighted by atomic mass is 9.71. The molecule has 1 aliphatic carbocycles. The number of hydrogen-bond donors (Lipinski definition) is 0. The van der Waals surface area contributed by atoms with Crippen LogP contribution in [0.25, 0.3) is 0 Å². The van der Waals surface area contributed by atoms with Crippen molar-refractivity contribution < 1.29 is 19.1 Å². The number of ether oxygens (including phenoxy) is 2. The molecule has 0 spiro atoms. The van der Waals surface area contributed by atoms with Crippen molar-refractivity contribution in [1.82, 2.24) is 4.90 Å². The topological polar surface area (TPSA) is 55.8 Å². The lowest BCUT2D eigenvalue weighted by Crippen LogP contribution is -2.56. The van der Waals surface area contributed by atoms with E-state index in [0.29, 0.717) is 19.1 Å². The molecular formula is C14H23NO4. The van der Waals surface area contributed by atoms with Crippen molar-refractivity contribution >= 4 is 12.1 Å². The largest absolute Gasteiger partial charge is 0.464 e. The van der Waals surface area contributed by atoms with Gasteiger partial charge in [0.15, 0.2) is 0 Å². The van der Waals surface area contributed by atoms with E-state index in [-0.39, 0.29) is 11.9 Å². The average molecular weight is 269 g/mol. The van der Waals surface area contributed by atoms with Gasteiger partial charge in [-0.05, 0) is 31.6 Å². The summed E-state index contributed by atoms with van der Waals surface area (Å²) >= 11 is 0. The molecule has 2 aliphatic rings. The van der Waals surface area contributed by atoms with E-state index in [1.54, 1.807) is 11.8 Å². The summed E-state index contributed by atoms with van der Waals surface area (Å²) in [6, 6.07) is -0.452. The molecule has 2 fully saturated rings. The maximum absolute atomic E-state index is 12.2. The van der Waals surface area contributed by atoms with Crippen molar-refractivity contribution in [3.05, 3.63) is 0 Å². The van der Waals surface area contributed by atoms with Gasteiger partial charge in [0, 0.05) is 6.54 Å². The molecule has 2 rings (SSSR count). The number of carbonyl (C=O) groups is 2. The van der Waals surface area contributed by atoms with Crippen molar-refractivity contribution in [2.45, 2.75) is 45.1 Å². The van der Waals surface area contributed by atoms with E-state index in [0.717, 1.165) is 25.7 Å². The average Bonchev–Trinajstić information content (AvgIpc) is 2.45. The monoisotopic (exact) mass is 269 g/mol. The van der Waals surface area contributed by atoms with Crippen LogP contribution in [-0.4, -0.2) is 43.3 Å². The van der Waals surface area contributed by atoms with Crippen molar-refractivity contribution in [1.29, 1.82) is 0 Å². The minimum absolute atomic E-state index is 0.237. The Hall–Kier alpha value is -1.26. The van der Waals surface area contributed by atoms with E-state index < -0.39 is 12.1 Å². The number of carbonyl (C=O) groups excluding carboxylic acids is 2. The molecule has 0 bridgehead atoms. The Kier molecular flexibility index (Phi) is 4.66. The van der Waals surface area contributed by atoms with Crippen molar-refractivity contribution in [3.8, 4) is 0 Å². The summed E-state index contributed by atoms with van der Waals surface area (Å²) in [6.07, 6.45) is 5.08.